The molecule has 1 heterocycles. The Morgan fingerprint density at radius 2 is 2.10 bits per heavy atom. The molecule has 0 aliphatic rings. The molecule has 1 unspecified atom stereocenters. The van der Waals surface area contributed by atoms with Crippen LogP contribution in [0.5, 0.6) is 0 Å². The number of aryl methyl sites for hydroxylation is 1. The molecule has 1 aromatic heterocycles. The fourth-order valence-corrected chi connectivity index (χ4v) is 2.58. The lowest BCUT2D eigenvalue weighted by molar-refractivity contribution is -0.120. The van der Waals surface area contributed by atoms with Crippen molar-refractivity contribution >= 4 is 23.2 Å². The van der Waals surface area contributed by atoms with Gasteiger partial charge in [-0.05, 0) is 24.5 Å². The van der Waals surface area contributed by atoms with E-state index < -0.39 is 11.9 Å². The molecule has 5 nitrogen and oxygen atoms in total. The summed E-state index contributed by atoms with van der Waals surface area (Å²) >= 11 is 1.28. The lowest BCUT2D eigenvalue weighted by Gasteiger charge is -2.18. The Balaban J connectivity index is 2.90. The molecule has 0 aliphatic carbocycles. The number of hydrogen-bond donors (Lipinski definition) is 3. The maximum Gasteiger partial charge on any atom is 0.262 e. The highest BCUT2D eigenvalue weighted by atomic mass is 32.1. The summed E-state index contributed by atoms with van der Waals surface area (Å²) < 4.78 is 0. The van der Waals surface area contributed by atoms with Gasteiger partial charge in [-0.1, -0.05) is 25.7 Å². The van der Waals surface area contributed by atoms with Crippen LogP contribution in [0.3, 0.4) is 0 Å². The van der Waals surface area contributed by atoms with Crippen LogP contribution in [0, 0.1) is 24.7 Å². The van der Waals surface area contributed by atoms with E-state index in [1.165, 1.54) is 11.3 Å². The van der Waals surface area contributed by atoms with Crippen molar-refractivity contribution in [2.75, 3.05) is 6.54 Å². The smallest absolute Gasteiger partial charge is 0.262 e. The fourth-order valence-electron chi connectivity index (χ4n) is 1.63. The van der Waals surface area contributed by atoms with Crippen molar-refractivity contribution in [3.05, 3.63) is 21.4 Å². The molecule has 0 aliphatic heterocycles. The maximum atomic E-state index is 12.1. The second-order valence-electron chi connectivity index (χ2n) is 4.73. The van der Waals surface area contributed by atoms with E-state index in [1.54, 1.807) is 6.07 Å². The first-order valence-corrected chi connectivity index (χ1v) is 7.08. The summed E-state index contributed by atoms with van der Waals surface area (Å²) in [6.07, 6.45) is 0. The Hall–Kier alpha value is -1.84. The van der Waals surface area contributed by atoms with Crippen LogP contribution in [0.15, 0.2) is 6.07 Å². The van der Waals surface area contributed by atoms with Gasteiger partial charge in [0.15, 0.2) is 0 Å². The Kier molecular flexibility index (Phi) is 5.74. The van der Waals surface area contributed by atoms with Gasteiger partial charge in [0.1, 0.15) is 6.04 Å². The van der Waals surface area contributed by atoms with E-state index in [4.69, 9.17) is 11.5 Å². The summed E-state index contributed by atoms with van der Waals surface area (Å²) in [5.41, 5.74) is 11.5. The average molecular weight is 293 g/mol. The molecule has 0 bridgehead atoms. The second-order valence-corrected chi connectivity index (χ2v) is 5.78. The monoisotopic (exact) mass is 293 g/mol. The van der Waals surface area contributed by atoms with E-state index in [0.29, 0.717) is 4.88 Å². The molecule has 1 aromatic rings. The molecule has 1 atom stereocenters. The van der Waals surface area contributed by atoms with Crippen LogP contribution < -0.4 is 16.8 Å². The number of carbonyl (C=O) groups is 2. The summed E-state index contributed by atoms with van der Waals surface area (Å²) in [5, 5.41) is 2.65. The van der Waals surface area contributed by atoms with Gasteiger partial charge in [0.05, 0.1) is 16.3 Å². The molecule has 0 saturated carbocycles. The van der Waals surface area contributed by atoms with Crippen molar-refractivity contribution in [3.8, 4) is 11.8 Å². The molecule has 2 amide bonds. The van der Waals surface area contributed by atoms with Crippen molar-refractivity contribution in [1.82, 2.24) is 5.32 Å². The third kappa shape index (κ3) is 4.08. The Labute approximate surface area is 122 Å². The predicted molar refractivity (Wildman–Crippen MR) is 80.3 cm³/mol. The van der Waals surface area contributed by atoms with E-state index in [2.05, 4.69) is 17.2 Å². The van der Waals surface area contributed by atoms with Crippen LogP contribution in [0.1, 0.15) is 34.0 Å². The van der Waals surface area contributed by atoms with Crippen LogP contribution in [-0.2, 0) is 4.79 Å². The molecule has 0 fully saturated rings. The van der Waals surface area contributed by atoms with Crippen molar-refractivity contribution < 1.29 is 9.59 Å². The summed E-state index contributed by atoms with van der Waals surface area (Å²) in [6, 6.07) is 1.07. The zero-order chi connectivity index (χ0) is 15.3. The van der Waals surface area contributed by atoms with Crippen LogP contribution in [0.25, 0.3) is 0 Å². The minimum Gasteiger partial charge on any atom is -0.368 e. The van der Waals surface area contributed by atoms with Crippen LogP contribution in [0.2, 0.25) is 0 Å². The van der Waals surface area contributed by atoms with Crippen LogP contribution in [-0.4, -0.2) is 24.4 Å². The Morgan fingerprint density at radius 1 is 1.45 bits per heavy atom. The number of rotatable bonds is 4. The molecule has 108 valence electrons. The van der Waals surface area contributed by atoms with Gasteiger partial charge >= 0.3 is 0 Å². The van der Waals surface area contributed by atoms with E-state index in [0.717, 1.165) is 10.4 Å². The highest BCUT2D eigenvalue weighted by molar-refractivity contribution is 7.14. The summed E-state index contributed by atoms with van der Waals surface area (Å²) in [5.74, 6) is 4.77. The molecule has 5 N–H and O–H groups in total. The number of thiophene rings is 1. The predicted octanol–water partition coefficient (Wildman–Crippen LogP) is 0.606. The first kappa shape index (κ1) is 16.2. The van der Waals surface area contributed by atoms with Gasteiger partial charge < -0.3 is 16.8 Å². The number of carbonyl (C=O) groups excluding carboxylic acids is 2. The fraction of sp³-hybridized carbons (Fsp3) is 0.429. The molecule has 0 spiro atoms. The average Bonchev–Trinajstić information content (AvgIpc) is 2.73. The molecule has 0 saturated heterocycles. The molecular weight excluding hydrogens is 274 g/mol. The quantitative estimate of drug-likeness (QED) is 0.709. The standard InChI is InChI=1S/C14H19N3O2S/c1-8(2)12(13(16)18)17-14(19)11-7-9(3)10(20-11)5-4-6-15/h7-8,12H,6,15H2,1-3H3,(H2,16,18)(H,17,19). The lowest BCUT2D eigenvalue weighted by atomic mass is 10.0. The second kappa shape index (κ2) is 7.08. The first-order chi connectivity index (χ1) is 9.36. The first-order valence-electron chi connectivity index (χ1n) is 6.26. The zero-order valence-electron chi connectivity index (χ0n) is 11.8. The van der Waals surface area contributed by atoms with Gasteiger partial charge in [-0.25, -0.2) is 0 Å². The van der Waals surface area contributed by atoms with Gasteiger partial charge in [-0.2, -0.15) is 0 Å². The summed E-state index contributed by atoms with van der Waals surface area (Å²) in [7, 11) is 0. The Morgan fingerprint density at radius 3 is 2.60 bits per heavy atom. The minimum absolute atomic E-state index is 0.0611. The number of nitrogens with two attached hydrogens (primary N) is 2. The van der Waals surface area contributed by atoms with Crippen LogP contribution >= 0.6 is 11.3 Å². The topological polar surface area (TPSA) is 98.2 Å². The largest absolute Gasteiger partial charge is 0.368 e. The van der Waals surface area contributed by atoms with Crippen LogP contribution in [0.4, 0.5) is 0 Å². The third-order valence-corrected chi connectivity index (χ3v) is 3.86. The highest BCUT2D eigenvalue weighted by Gasteiger charge is 2.23. The van der Waals surface area contributed by atoms with Crippen molar-refractivity contribution in [2.24, 2.45) is 17.4 Å². The van der Waals surface area contributed by atoms with Gasteiger partial charge in [-0.15, -0.1) is 11.3 Å². The molecule has 0 radical (unpaired) electrons. The molecule has 0 aromatic carbocycles. The van der Waals surface area contributed by atoms with Crippen molar-refractivity contribution in [3.63, 3.8) is 0 Å². The zero-order valence-corrected chi connectivity index (χ0v) is 12.6. The third-order valence-electron chi connectivity index (χ3n) is 2.71. The maximum absolute atomic E-state index is 12.1. The van der Waals surface area contributed by atoms with E-state index in [9.17, 15) is 9.59 Å². The number of amides is 2. The molecule has 1 rings (SSSR count). The van der Waals surface area contributed by atoms with Gasteiger partial charge in [0, 0.05) is 0 Å². The number of hydrogen-bond acceptors (Lipinski definition) is 4. The lowest BCUT2D eigenvalue weighted by Crippen LogP contribution is -2.47. The minimum atomic E-state index is -0.677. The molecular formula is C14H19N3O2S. The van der Waals surface area contributed by atoms with Gasteiger partial charge in [-0.3, -0.25) is 9.59 Å². The summed E-state index contributed by atoms with van der Waals surface area (Å²) in [6.45, 7) is 5.80. The van der Waals surface area contributed by atoms with Crippen molar-refractivity contribution in [2.45, 2.75) is 26.8 Å². The highest BCUT2D eigenvalue weighted by Crippen LogP contribution is 2.21. The number of nitrogens with one attached hydrogen (secondary N) is 1. The van der Waals surface area contributed by atoms with Gasteiger partial charge in [0.2, 0.25) is 5.91 Å². The SMILES string of the molecule is Cc1cc(C(=O)NC(C(N)=O)C(C)C)sc1C#CCN. The molecule has 6 heteroatoms. The van der Waals surface area contributed by atoms with E-state index in [1.807, 2.05) is 20.8 Å². The van der Waals surface area contributed by atoms with Gasteiger partial charge in [0.25, 0.3) is 5.91 Å². The van der Waals surface area contributed by atoms with Crippen molar-refractivity contribution in [1.29, 1.82) is 0 Å². The molecule has 20 heavy (non-hydrogen) atoms. The van der Waals surface area contributed by atoms with E-state index >= 15 is 0 Å². The normalized spacial score (nSPS) is 11.7. The number of primary amides is 1. The Bertz CT molecular complexity index is 567. The summed E-state index contributed by atoms with van der Waals surface area (Å²) in [4.78, 5) is 24.7. The van der Waals surface area contributed by atoms with E-state index in [-0.39, 0.29) is 18.4 Å².